The van der Waals surface area contributed by atoms with Gasteiger partial charge in [0, 0.05) is 20.1 Å². The molecule has 0 atom stereocenters. The highest BCUT2D eigenvalue weighted by Crippen LogP contribution is 2.23. The molecule has 0 unspecified atom stereocenters. The van der Waals surface area contributed by atoms with Gasteiger partial charge in [0.25, 0.3) is 0 Å². The van der Waals surface area contributed by atoms with Crippen molar-refractivity contribution in [3.05, 3.63) is 11.4 Å². The summed E-state index contributed by atoms with van der Waals surface area (Å²) in [5.74, 6) is 0. The number of hydrogen-bond donors (Lipinski definition) is 1. The lowest BCUT2D eigenvalue weighted by atomic mass is 10.3. The summed E-state index contributed by atoms with van der Waals surface area (Å²) in [6, 6.07) is 0. The average molecular weight is 316 g/mol. The van der Waals surface area contributed by atoms with Crippen LogP contribution in [0.1, 0.15) is 37.6 Å². The van der Waals surface area contributed by atoms with E-state index in [1.807, 2.05) is 14.0 Å². The minimum Gasteiger partial charge on any atom is -0.320 e. The van der Waals surface area contributed by atoms with E-state index in [0.29, 0.717) is 17.1 Å². The molecular weight excluding hydrogens is 288 g/mol. The van der Waals surface area contributed by atoms with Crippen molar-refractivity contribution in [3.8, 4) is 0 Å². The first-order valence-corrected chi connectivity index (χ1v) is 8.95. The van der Waals surface area contributed by atoms with E-state index in [1.54, 1.807) is 18.7 Å². The fourth-order valence-electron chi connectivity index (χ4n) is 2.33. The van der Waals surface area contributed by atoms with Gasteiger partial charge in [-0.15, -0.1) is 0 Å². The monoisotopic (exact) mass is 316 g/mol. The number of hydrogen-bond acceptors (Lipinski definition) is 4. The van der Waals surface area contributed by atoms with Gasteiger partial charge < -0.3 is 5.32 Å². The van der Waals surface area contributed by atoms with E-state index < -0.39 is 10.0 Å². The van der Waals surface area contributed by atoms with Crippen molar-refractivity contribution in [2.45, 2.75) is 51.5 Å². The molecule has 1 heterocycles. The molecule has 1 rings (SSSR count). The summed E-state index contributed by atoms with van der Waals surface area (Å²) in [6.45, 7) is 7.81. The molecule has 122 valence electrons. The lowest BCUT2D eigenvalue weighted by molar-refractivity contribution is 0.458. The molecule has 6 nitrogen and oxygen atoms in total. The third kappa shape index (κ3) is 4.28. The van der Waals surface area contributed by atoms with Crippen molar-refractivity contribution in [2.75, 3.05) is 27.2 Å². The van der Waals surface area contributed by atoms with E-state index >= 15 is 0 Å². The molecule has 0 aliphatic carbocycles. The first kappa shape index (κ1) is 18.1. The molecule has 0 amide bonds. The second-order valence-corrected chi connectivity index (χ2v) is 7.34. The van der Waals surface area contributed by atoms with E-state index in [1.165, 1.54) is 4.31 Å². The summed E-state index contributed by atoms with van der Waals surface area (Å²) in [5.41, 5.74) is 1.31. The zero-order valence-corrected chi connectivity index (χ0v) is 14.6. The van der Waals surface area contributed by atoms with Crippen LogP contribution in [0, 0.1) is 13.8 Å². The van der Waals surface area contributed by atoms with Crippen LogP contribution in [0.3, 0.4) is 0 Å². The summed E-state index contributed by atoms with van der Waals surface area (Å²) in [5, 5.41) is 7.48. The van der Waals surface area contributed by atoms with Gasteiger partial charge in [0.2, 0.25) is 10.0 Å². The summed E-state index contributed by atoms with van der Waals surface area (Å²) in [4.78, 5) is 0.366. The molecule has 0 aromatic carbocycles. The quantitative estimate of drug-likeness (QED) is 0.702. The lowest BCUT2D eigenvalue weighted by Crippen LogP contribution is -2.28. The molecule has 0 aliphatic rings. The fourth-order valence-corrected chi connectivity index (χ4v) is 3.91. The van der Waals surface area contributed by atoms with Gasteiger partial charge in [-0.3, -0.25) is 4.68 Å². The molecule has 1 aromatic heterocycles. The Hall–Kier alpha value is -0.920. The second-order valence-electron chi connectivity index (χ2n) is 5.36. The Morgan fingerprint density at radius 1 is 1.29 bits per heavy atom. The van der Waals surface area contributed by atoms with Gasteiger partial charge in [-0.2, -0.15) is 5.10 Å². The lowest BCUT2D eigenvalue weighted by Gasteiger charge is -2.17. The van der Waals surface area contributed by atoms with Crippen LogP contribution in [-0.4, -0.2) is 49.7 Å². The van der Waals surface area contributed by atoms with E-state index in [2.05, 4.69) is 17.3 Å². The first-order chi connectivity index (χ1) is 9.86. The molecule has 0 radical (unpaired) electrons. The van der Waals surface area contributed by atoms with E-state index in [9.17, 15) is 8.42 Å². The van der Waals surface area contributed by atoms with Gasteiger partial charge in [-0.05, 0) is 40.3 Å². The van der Waals surface area contributed by atoms with Crippen LogP contribution in [-0.2, 0) is 16.6 Å². The third-order valence-electron chi connectivity index (χ3n) is 3.61. The number of rotatable bonds is 9. The van der Waals surface area contributed by atoms with Crippen molar-refractivity contribution in [1.82, 2.24) is 19.4 Å². The smallest absolute Gasteiger partial charge is 0.246 e. The van der Waals surface area contributed by atoms with Gasteiger partial charge in [-0.25, -0.2) is 12.7 Å². The zero-order chi connectivity index (χ0) is 16.0. The molecule has 7 heteroatoms. The van der Waals surface area contributed by atoms with Crippen LogP contribution >= 0.6 is 0 Å². The number of nitrogens with zero attached hydrogens (tertiary/aromatic N) is 3. The van der Waals surface area contributed by atoms with Crippen LogP contribution < -0.4 is 5.32 Å². The minimum absolute atomic E-state index is 0.366. The predicted molar refractivity (Wildman–Crippen MR) is 85.0 cm³/mol. The Labute approximate surface area is 128 Å². The van der Waals surface area contributed by atoms with Gasteiger partial charge in [0.1, 0.15) is 4.90 Å². The molecule has 1 aromatic rings. The number of aryl methyl sites for hydroxylation is 2. The summed E-state index contributed by atoms with van der Waals surface area (Å²) in [6.07, 6.45) is 2.76. The Morgan fingerprint density at radius 3 is 2.52 bits per heavy atom. The average Bonchev–Trinajstić information content (AvgIpc) is 2.71. The number of sulfonamides is 1. The van der Waals surface area contributed by atoms with Gasteiger partial charge in [-0.1, -0.05) is 13.3 Å². The van der Waals surface area contributed by atoms with Crippen molar-refractivity contribution < 1.29 is 8.42 Å². The molecule has 0 spiro atoms. The Kier molecular flexibility index (Phi) is 6.83. The largest absolute Gasteiger partial charge is 0.320 e. The highest BCUT2D eigenvalue weighted by atomic mass is 32.2. The SMILES string of the molecule is CCCCN(C)S(=O)(=O)c1c(C)nn(CCCNC)c1C. The number of unbranched alkanes of at least 4 members (excludes halogenated alkanes) is 1. The van der Waals surface area contributed by atoms with Crippen LogP contribution in [0.5, 0.6) is 0 Å². The van der Waals surface area contributed by atoms with E-state index in [0.717, 1.165) is 38.0 Å². The molecule has 21 heavy (non-hydrogen) atoms. The van der Waals surface area contributed by atoms with Gasteiger partial charge in [0.05, 0.1) is 11.4 Å². The topological polar surface area (TPSA) is 67.2 Å². The van der Waals surface area contributed by atoms with Gasteiger partial charge >= 0.3 is 0 Å². The Morgan fingerprint density at radius 2 is 1.95 bits per heavy atom. The predicted octanol–water partition coefficient (Wildman–Crippen LogP) is 1.53. The maximum absolute atomic E-state index is 12.7. The molecule has 0 aliphatic heterocycles. The van der Waals surface area contributed by atoms with Crippen molar-refractivity contribution >= 4 is 10.0 Å². The zero-order valence-electron chi connectivity index (χ0n) is 13.8. The molecule has 0 bridgehead atoms. The molecular formula is C14H28N4O2S. The molecule has 0 fully saturated rings. The summed E-state index contributed by atoms with van der Waals surface area (Å²) in [7, 11) is 0.0957. The maximum atomic E-state index is 12.7. The standard InChI is InChI=1S/C14H28N4O2S/c1-6-7-10-17(5)21(19,20)14-12(2)16-18(13(14)3)11-8-9-15-4/h15H,6-11H2,1-5H3. The third-order valence-corrected chi connectivity index (χ3v) is 5.72. The van der Waals surface area contributed by atoms with E-state index in [4.69, 9.17) is 0 Å². The van der Waals surface area contributed by atoms with Crippen LogP contribution in [0.4, 0.5) is 0 Å². The maximum Gasteiger partial charge on any atom is 0.246 e. The van der Waals surface area contributed by atoms with Crippen LogP contribution in [0.2, 0.25) is 0 Å². The summed E-state index contributed by atoms with van der Waals surface area (Å²) < 4.78 is 28.6. The van der Waals surface area contributed by atoms with Crippen molar-refractivity contribution in [2.24, 2.45) is 0 Å². The van der Waals surface area contributed by atoms with E-state index in [-0.39, 0.29) is 0 Å². The van der Waals surface area contributed by atoms with Crippen molar-refractivity contribution in [1.29, 1.82) is 0 Å². The van der Waals surface area contributed by atoms with Crippen LogP contribution in [0.25, 0.3) is 0 Å². The Balaban J connectivity index is 3.01. The summed E-state index contributed by atoms with van der Waals surface area (Å²) >= 11 is 0. The molecule has 1 N–H and O–H groups in total. The van der Waals surface area contributed by atoms with Gasteiger partial charge in [0.15, 0.2) is 0 Å². The van der Waals surface area contributed by atoms with Crippen LogP contribution in [0.15, 0.2) is 4.90 Å². The molecule has 0 saturated carbocycles. The first-order valence-electron chi connectivity index (χ1n) is 7.51. The highest BCUT2D eigenvalue weighted by molar-refractivity contribution is 7.89. The second kappa shape index (κ2) is 7.91. The number of aromatic nitrogens is 2. The van der Waals surface area contributed by atoms with Crippen molar-refractivity contribution in [3.63, 3.8) is 0 Å². The highest BCUT2D eigenvalue weighted by Gasteiger charge is 2.28. The fraction of sp³-hybridized carbons (Fsp3) is 0.786. The Bertz CT molecular complexity index is 552. The molecule has 0 saturated heterocycles. The minimum atomic E-state index is -3.45. The normalized spacial score (nSPS) is 12.3. The number of nitrogens with one attached hydrogen (secondary N) is 1.